The van der Waals surface area contributed by atoms with E-state index in [0.29, 0.717) is 10.9 Å². The van der Waals surface area contributed by atoms with Crippen LogP contribution in [0.15, 0.2) is 24.5 Å². The zero-order chi connectivity index (χ0) is 12.3. The molecular weight excluding hydrogens is 227 g/mol. The van der Waals surface area contributed by atoms with Crippen molar-refractivity contribution >= 4 is 16.9 Å². The molecule has 0 aliphatic heterocycles. The Morgan fingerprint density at radius 3 is 3.00 bits per heavy atom. The number of hydrogen-bond donors (Lipinski definition) is 0. The molecule has 6 heteroatoms. The molecule has 0 aliphatic carbocycles. The molecular formula is C11H9FN2O3. The van der Waals surface area contributed by atoms with Gasteiger partial charge in [0.2, 0.25) is 5.88 Å². The lowest BCUT2D eigenvalue weighted by molar-refractivity contribution is -0.142. The fourth-order valence-corrected chi connectivity index (χ4v) is 1.31. The van der Waals surface area contributed by atoms with Crippen molar-refractivity contribution in [1.29, 1.82) is 0 Å². The van der Waals surface area contributed by atoms with Gasteiger partial charge in [-0.05, 0) is 12.1 Å². The highest BCUT2D eigenvalue weighted by Crippen LogP contribution is 2.21. The number of halogens is 1. The number of fused-ring (bicyclic) bond motifs is 1. The van der Waals surface area contributed by atoms with E-state index in [9.17, 15) is 9.18 Å². The van der Waals surface area contributed by atoms with Crippen LogP contribution in [0.1, 0.15) is 0 Å². The Hall–Kier alpha value is -2.24. The summed E-state index contributed by atoms with van der Waals surface area (Å²) < 4.78 is 22.6. The number of methoxy groups -OCH3 is 1. The highest BCUT2D eigenvalue weighted by atomic mass is 19.1. The van der Waals surface area contributed by atoms with Gasteiger partial charge >= 0.3 is 5.97 Å². The zero-order valence-electron chi connectivity index (χ0n) is 9.01. The molecule has 0 aliphatic rings. The molecule has 0 saturated heterocycles. The average Bonchev–Trinajstić information content (AvgIpc) is 2.35. The van der Waals surface area contributed by atoms with Crippen molar-refractivity contribution in [3.63, 3.8) is 0 Å². The number of benzene rings is 1. The summed E-state index contributed by atoms with van der Waals surface area (Å²) in [6.07, 6.45) is 1.24. The topological polar surface area (TPSA) is 61.3 Å². The Morgan fingerprint density at radius 1 is 1.41 bits per heavy atom. The number of rotatable bonds is 3. The Bertz CT molecular complexity index is 559. The molecule has 2 rings (SSSR count). The number of aromatic nitrogens is 2. The van der Waals surface area contributed by atoms with Crippen LogP contribution < -0.4 is 4.74 Å². The average molecular weight is 236 g/mol. The van der Waals surface area contributed by atoms with Crippen LogP contribution in [0.4, 0.5) is 4.39 Å². The van der Waals surface area contributed by atoms with Crippen molar-refractivity contribution in [1.82, 2.24) is 9.97 Å². The van der Waals surface area contributed by atoms with E-state index in [2.05, 4.69) is 14.7 Å². The summed E-state index contributed by atoms with van der Waals surface area (Å²) in [6.45, 7) is -0.250. The maximum absolute atomic E-state index is 13.0. The van der Waals surface area contributed by atoms with Gasteiger partial charge in [0.25, 0.3) is 0 Å². The highest BCUT2D eigenvalue weighted by Gasteiger charge is 2.08. The highest BCUT2D eigenvalue weighted by molar-refractivity contribution is 5.83. The second kappa shape index (κ2) is 4.73. The second-order valence-electron chi connectivity index (χ2n) is 3.21. The van der Waals surface area contributed by atoms with E-state index in [1.165, 1.54) is 31.6 Å². The molecule has 0 unspecified atom stereocenters. The van der Waals surface area contributed by atoms with Gasteiger partial charge in [-0.2, -0.15) is 0 Å². The molecule has 5 nitrogen and oxygen atoms in total. The molecule has 1 heterocycles. The van der Waals surface area contributed by atoms with Crippen LogP contribution in [0.2, 0.25) is 0 Å². The summed E-state index contributed by atoms with van der Waals surface area (Å²) in [6, 6.07) is 4.04. The Morgan fingerprint density at radius 2 is 2.24 bits per heavy atom. The maximum Gasteiger partial charge on any atom is 0.343 e. The second-order valence-corrected chi connectivity index (χ2v) is 3.21. The number of carbonyl (C=O) groups is 1. The van der Waals surface area contributed by atoms with Crippen molar-refractivity contribution < 1.29 is 18.7 Å². The minimum absolute atomic E-state index is 0.223. The molecule has 2 aromatic rings. The van der Waals surface area contributed by atoms with E-state index in [1.54, 1.807) is 0 Å². The maximum atomic E-state index is 13.0. The molecule has 0 atom stereocenters. The number of ether oxygens (including phenoxy) is 2. The minimum Gasteiger partial charge on any atom is -0.466 e. The summed E-state index contributed by atoms with van der Waals surface area (Å²) in [5.74, 6) is -0.686. The van der Waals surface area contributed by atoms with E-state index < -0.39 is 11.8 Å². The third kappa shape index (κ3) is 2.47. The summed E-state index contributed by atoms with van der Waals surface area (Å²) in [5, 5.41) is 0.540. The molecule has 0 saturated carbocycles. The summed E-state index contributed by atoms with van der Waals surface area (Å²) in [5.41, 5.74) is 0.417. The lowest BCUT2D eigenvalue weighted by Crippen LogP contribution is -2.13. The third-order valence-electron chi connectivity index (χ3n) is 2.12. The molecule has 0 spiro atoms. The van der Waals surface area contributed by atoms with Gasteiger partial charge in [-0.15, -0.1) is 0 Å². The van der Waals surface area contributed by atoms with Gasteiger partial charge in [-0.3, -0.25) is 0 Å². The minimum atomic E-state index is -0.515. The Kier molecular flexibility index (Phi) is 3.13. The number of esters is 1. The molecule has 17 heavy (non-hydrogen) atoms. The van der Waals surface area contributed by atoms with Crippen molar-refractivity contribution in [2.45, 2.75) is 0 Å². The molecule has 0 radical (unpaired) electrons. The normalized spacial score (nSPS) is 10.2. The Labute approximate surface area is 96.2 Å². The van der Waals surface area contributed by atoms with Gasteiger partial charge < -0.3 is 9.47 Å². The quantitative estimate of drug-likeness (QED) is 0.752. The fraction of sp³-hybridized carbons (Fsp3) is 0.182. The SMILES string of the molecule is COC(=O)COc1ncnc2cc(F)ccc12. The number of carbonyl (C=O) groups excluding carboxylic acids is 1. The van der Waals surface area contributed by atoms with E-state index in [4.69, 9.17) is 4.74 Å². The van der Waals surface area contributed by atoms with Crippen LogP contribution in [-0.2, 0) is 9.53 Å². The molecule has 1 aromatic carbocycles. The van der Waals surface area contributed by atoms with Crippen molar-refractivity contribution in [3.05, 3.63) is 30.3 Å². The van der Waals surface area contributed by atoms with Crippen molar-refractivity contribution in [2.24, 2.45) is 0 Å². The van der Waals surface area contributed by atoms with Crippen LogP contribution in [-0.4, -0.2) is 29.7 Å². The van der Waals surface area contributed by atoms with Crippen LogP contribution in [0.3, 0.4) is 0 Å². The van der Waals surface area contributed by atoms with Crippen LogP contribution >= 0.6 is 0 Å². The standard InChI is InChI=1S/C11H9FN2O3/c1-16-10(15)5-17-11-8-3-2-7(12)4-9(8)13-6-14-11/h2-4,6H,5H2,1H3. The van der Waals surface area contributed by atoms with E-state index in [0.717, 1.165) is 0 Å². The smallest absolute Gasteiger partial charge is 0.343 e. The lowest BCUT2D eigenvalue weighted by atomic mass is 10.2. The lowest BCUT2D eigenvalue weighted by Gasteiger charge is -2.06. The first-order chi connectivity index (χ1) is 8.20. The monoisotopic (exact) mass is 236 g/mol. The van der Waals surface area contributed by atoms with Gasteiger partial charge in [0, 0.05) is 6.07 Å². The van der Waals surface area contributed by atoms with Crippen LogP contribution in [0.5, 0.6) is 5.88 Å². The van der Waals surface area contributed by atoms with Crippen LogP contribution in [0.25, 0.3) is 10.9 Å². The summed E-state index contributed by atoms with van der Waals surface area (Å²) in [4.78, 5) is 18.7. The Balaban J connectivity index is 2.31. The molecule has 0 fully saturated rings. The first kappa shape index (κ1) is 11.3. The van der Waals surface area contributed by atoms with Gasteiger partial charge in [0.05, 0.1) is 18.0 Å². The third-order valence-corrected chi connectivity index (χ3v) is 2.12. The van der Waals surface area contributed by atoms with Crippen molar-refractivity contribution in [2.75, 3.05) is 13.7 Å². The predicted octanol–water partition coefficient (Wildman–Crippen LogP) is 1.32. The van der Waals surface area contributed by atoms with Crippen LogP contribution in [0, 0.1) is 5.82 Å². The molecule has 0 bridgehead atoms. The van der Waals surface area contributed by atoms with Crippen molar-refractivity contribution in [3.8, 4) is 5.88 Å². The predicted molar refractivity (Wildman–Crippen MR) is 57.0 cm³/mol. The largest absolute Gasteiger partial charge is 0.466 e. The van der Waals surface area contributed by atoms with E-state index >= 15 is 0 Å². The fourth-order valence-electron chi connectivity index (χ4n) is 1.31. The molecule has 0 N–H and O–H groups in total. The molecule has 0 amide bonds. The molecule has 88 valence electrons. The summed E-state index contributed by atoms with van der Waals surface area (Å²) in [7, 11) is 1.26. The summed E-state index contributed by atoms with van der Waals surface area (Å²) >= 11 is 0. The first-order valence-corrected chi connectivity index (χ1v) is 4.80. The first-order valence-electron chi connectivity index (χ1n) is 4.80. The van der Waals surface area contributed by atoms with Gasteiger partial charge in [-0.25, -0.2) is 19.2 Å². The number of hydrogen-bond acceptors (Lipinski definition) is 5. The van der Waals surface area contributed by atoms with E-state index in [1.807, 2.05) is 0 Å². The zero-order valence-corrected chi connectivity index (χ0v) is 9.01. The van der Waals surface area contributed by atoms with E-state index in [-0.39, 0.29) is 12.5 Å². The van der Waals surface area contributed by atoms with Gasteiger partial charge in [0.1, 0.15) is 12.1 Å². The molecule has 1 aromatic heterocycles. The van der Waals surface area contributed by atoms with Gasteiger partial charge in [0.15, 0.2) is 6.61 Å². The van der Waals surface area contributed by atoms with Gasteiger partial charge in [-0.1, -0.05) is 0 Å². The number of nitrogens with zero attached hydrogens (tertiary/aromatic N) is 2.